The van der Waals surface area contributed by atoms with Crippen molar-refractivity contribution in [2.75, 3.05) is 17.4 Å². The molecule has 0 radical (unpaired) electrons. The zero-order chi connectivity index (χ0) is 40.7. The number of aromatic nitrogens is 1. The molecule has 2 aliphatic heterocycles. The number of phenols is 1. The van der Waals surface area contributed by atoms with E-state index in [2.05, 4.69) is 10.4 Å². The van der Waals surface area contributed by atoms with Crippen molar-refractivity contribution in [1.82, 2.24) is 9.99 Å². The number of phenolic OH excluding ortho intramolecular Hbond substituents is 1. The van der Waals surface area contributed by atoms with Gasteiger partial charge in [0.05, 0.1) is 51.5 Å². The van der Waals surface area contributed by atoms with Crippen LogP contribution in [0.5, 0.6) is 11.5 Å². The molecule has 4 amide bonds. The highest BCUT2D eigenvalue weighted by Crippen LogP contribution is 2.64. The number of methoxy groups -OCH3 is 1. The summed E-state index contributed by atoms with van der Waals surface area (Å²) < 4.78 is 45.7. The molecule has 2 N–H and O–H groups in total. The number of halogens is 5. The van der Waals surface area contributed by atoms with Gasteiger partial charge in [-0.1, -0.05) is 53.1 Å². The van der Waals surface area contributed by atoms with E-state index < -0.39 is 86.1 Å². The van der Waals surface area contributed by atoms with Crippen molar-refractivity contribution in [3.8, 4) is 11.5 Å². The molecular weight excluding hydrogens is 794 g/mol. The summed E-state index contributed by atoms with van der Waals surface area (Å²) in [6.45, 7) is 0. The fourth-order valence-electron chi connectivity index (χ4n) is 9.02. The van der Waals surface area contributed by atoms with Crippen molar-refractivity contribution in [3.05, 3.63) is 127 Å². The summed E-state index contributed by atoms with van der Waals surface area (Å²) in [6.07, 6.45) is -2.59. The van der Waals surface area contributed by atoms with Gasteiger partial charge in [-0.3, -0.25) is 39.6 Å². The maximum Gasteiger partial charge on any atom is 0.417 e. The summed E-state index contributed by atoms with van der Waals surface area (Å²) in [7, 11) is 1.35. The quantitative estimate of drug-likeness (QED) is 0.0839. The summed E-state index contributed by atoms with van der Waals surface area (Å²) in [5.74, 6) is -8.49. The lowest BCUT2D eigenvalue weighted by Crippen LogP contribution is -2.53. The summed E-state index contributed by atoms with van der Waals surface area (Å²) in [4.78, 5) is 74.1. The summed E-state index contributed by atoms with van der Waals surface area (Å²) in [5.41, 5.74) is 0.670. The molecule has 3 fully saturated rings. The lowest BCUT2D eigenvalue weighted by atomic mass is 9.49. The molecule has 292 valence electrons. The second-order valence-corrected chi connectivity index (χ2v) is 15.0. The average Bonchev–Trinajstić information content (AvgIpc) is 3.56. The number of hydrogen-bond acceptors (Lipinski definition) is 10. The van der Waals surface area contributed by atoms with Crippen LogP contribution in [0.3, 0.4) is 0 Å². The molecule has 18 heteroatoms. The molecule has 0 unspecified atom stereocenters. The van der Waals surface area contributed by atoms with Crippen LogP contribution in [-0.4, -0.2) is 50.8 Å². The minimum absolute atomic E-state index is 0.0553. The van der Waals surface area contributed by atoms with E-state index >= 15 is 4.79 Å². The number of carbonyl (C=O) groups is 4. The highest BCUT2D eigenvalue weighted by molar-refractivity contribution is 6.33. The number of ether oxygens (including phenoxy) is 1. The maximum absolute atomic E-state index is 15.3. The molecule has 6 atom stereocenters. The van der Waals surface area contributed by atoms with Crippen LogP contribution in [0, 0.1) is 33.8 Å². The van der Waals surface area contributed by atoms with Gasteiger partial charge in [0, 0.05) is 29.3 Å². The van der Waals surface area contributed by atoms with E-state index in [1.807, 2.05) is 0 Å². The summed E-state index contributed by atoms with van der Waals surface area (Å²) >= 11 is 12.5. The van der Waals surface area contributed by atoms with Crippen molar-refractivity contribution in [2.24, 2.45) is 23.7 Å². The number of hydrazine groups is 1. The Bertz CT molecular complexity index is 2430. The van der Waals surface area contributed by atoms with Gasteiger partial charge in [-0.05, 0) is 72.4 Å². The summed E-state index contributed by atoms with van der Waals surface area (Å²) in [6, 6.07) is 16.3. The fourth-order valence-corrected chi connectivity index (χ4v) is 9.36. The number of fused-ring (bicyclic) bond motifs is 4. The van der Waals surface area contributed by atoms with Gasteiger partial charge in [-0.25, -0.2) is 4.98 Å². The number of allylic oxidation sites excluding steroid dienone is 2. The van der Waals surface area contributed by atoms with Gasteiger partial charge in [-0.2, -0.15) is 18.2 Å². The van der Waals surface area contributed by atoms with E-state index in [-0.39, 0.29) is 35.7 Å². The Morgan fingerprint density at radius 3 is 2.28 bits per heavy atom. The van der Waals surface area contributed by atoms with E-state index in [0.717, 1.165) is 4.90 Å². The zero-order valence-corrected chi connectivity index (χ0v) is 30.9. The Balaban J connectivity index is 1.30. The molecule has 3 heterocycles. The van der Waals surface area contributed by atoms with Crippen molar-refractivity contribution in [1.29, 1.82) is 0 Å². The monoisotopic (exact) mass is 821 g/mol. The van der Waals surface area contributed by atoms with Crippen LogP contribution in [0.25, 0.3) is 0 Å². The predicted molar refractivity (Wildman–Crippen MR) is 197 cm³/mol. The number of nitro benzene ring substituents is 1. The molecule has 0 bridgehead atoms. The Kier molecular flexibility index (Phi) is 9.03. The fraction of sp³-hybridized carbons (Fsp3) is 0.256. The third-order valence-corrected chi connectivity index (χ3v) is 12.0. The van der Waals surface area contributed by atoms with Crippen LogP contribution in [0.4, 0.5) is 30.4 Å². The van der Waals surface area contributed by atoms with E-state index in [0.29, 0.717) is 39.0 Å². The third kappa shape index (κ3) is 5.79. The molecule has 4 aliphatic rings. The molecule has 8 rings (SSSR count). The number of alkyl halides is 3. The Labute approximate surface area is 330 Å². The maximum atomic E-state index is 15.3. The topological polar surface area (TPSA) is 172 Å². The number of non-ortho nitro benzene ring substituents is 1. The van der Waals surface area contributed by atoms with Crippen LogP contribution in [-0.2, 0) is 30.8 Å². The SMILES string of the molecule is COc1ccc([C@H]2C3=CC[C@@H]4C(=O)N(c5ccc([N+](=O)[O-])cc5)C(=O)[C@@H]4[C@@H]3C[C@H]3C(=O)N(Nc4ncc(C(F)(F)F)cc4Cl)C(=O)[C@@]23c2ccc(Cl)cc2)cc1O. The van der Waals surface area contributed by atoms with Crippen molar-refractivity contribution >= 4 is 64.0 Å². The predicted octanol–water partition coefficient (Wildman–Crippen LogP) is 7.22. The van der Waals surface area contributed by atoms with Crippen molar-refractivity contribution < 1.29 is 47.1 Å². The number of benzene rings is 3. The molecule has 0 spiro atoms. The van der Waals surface area contributed by atoms with E-state index in [9.17, 15) is 42.8 Å². The van der Waals surface area contributed by atoms with Crippen LogP contribution >= 0.6 is 23.2 Å². The number of nitrogens with one attached hydrogen (secondary N) is 1. The Morgan fingerprint density at radius 2 is 1.67 bits per heavy atom. The first-order chi connectivity index (χ1) is 27.1. The standard InChI is InChI=1S/C39H28Cl2F3N5O8/c1-57-30-13-2-18(14-29(30)50)32-24-11-12-25-31(36(53)47(34(25)51)22-7-9-23(10-8-22)49(55)56)26(24)16-27-35(52)48(37(54)38(27,32)19-3-5-21(40)6-4-19)46-33-28(41)15-20(17-45-33)39(42,43)44/h2-11,13-15,17,25-27,31-32,50H,12,16H2,1H3,(H,45,46)/t25-,26+,27-,31-,32-,38+/m0/s1. The molecule has 13 nitrogen and oxygen atoms in total. The van der Waals surface area contributed by atoms with Crippen molar-refractivity contribution in [2.45, 2.75) is 30.4 Å². The Morgan fingerprint density at radius 1 is 0.965 bits per heavy atom. The normalized spacial score (nSPS) is 25.5. The average molecular weight is 823 g/mol. The smallest absolute Gasteiger partial charge is 0.417 e. The Hall–Kier alpha value is -6.00. The number of rotatable bonds is 7. The number of aromatic hydroxyl groups is 1. The number of imide groups is 2. The number of nitrogens with zero attached hydrogens (tertiary/aromatic N) is 4. The number of anilines is 2. The van der Waals surface area contributed by atoms with Gasteiger partial charge in [0.2, 0.25) is 11.8 Å². The molecule has 2 saturated heterocycles. The van der Waals surface area contributed by atoms with Crippen molar-refractivity contribution in [3.63, 3.8) is 0 Å². The molecule has 4 aromatic rings. The molecule has 2 aliphatic carbocycles. The lowest BCUT2D eigenvalue weighted by Gasteiger charge is -2.50. The minimum atomic E-state index is -4.78. The lowest BCUT2D eigenvalue weighted by molar-refractivity contribution is -0.384. The molecule has 3 aromatic carbocycles. The number of carbonyl (C=O) groups excluding carboxylic acids is 4. The van der Waals surface area contributed by atoms with Crippen LogP contribution in [0.2, 0.25) is 10.0 Å². The second-order valence-electron chi connectivity index (χ2n) is 14.1. The zero-order valence-electron chi connectivity index (χ0n) is 29.4. The molecule has 1 saturated carbocycles. The molecular formula is C39H28Cl2F3N5O8. The highest BCUT2D eigenvalue weighted by Gasteiger charge is 2.70. The van der Waals surface area contributed by atoms with Crippen LogP contribution in [0.1, 0.15) is 35.4 Å². The third-order valence-electron chi connectivity index (χ3n) is 11.4. The van der Waals surface area contributed by atoms with Crippen LogP contribution in [0.15, 0.2) is 90.6 Å². The number of amides is 4. The van der Waals surface area contributed by atoms with Gasteiger partial charge < -0.3 is 9.84 Å². The van der Waals surface area contributed by atoms with Gasteiger partial charge >= 0.3 is 6.18 Å². The largest absolute Gasteiger partial charge is 0.504 e. The van der Waals surface area contributed by atoms with Gasteiger partial charge in [0.25, 0.3) is 17.5 Å². The second kappa shape index (κ2) is 13.6. The van der Waals surface area contributed by atoms with Gasteiger partial charge in [-0.15, -0.1) is 0 Å². The van der Waals surface area contributed by atoms with E-state index in [4.69, 9.17) is 27.9 Å². The number of nitro groups is 1. The first kappa shape index (κ1) is 37.9. The molecule has 1 aromatic heterocycles. The first-order valence-electron chi connectivity index (χ1n) is 17.4. The highest BCUT2D eigenvalue weighted by atomic mass is 35.5. The first-order valence-corrected chi connectivity index (χ1v) is 18.2. The number of hydrogen-bond donors (Lipinski definition) is 2. The molecule has 57 heavy (non-hydrogen) atoms. The minimum Gasteiger partial charge on any atom is -0.504 e. The van der Waals surface area contributed by atoms with Gasteiger partial charge in [0.1, 0.15) is 0 Å². The number of pyridine rings is 1. The van der Waals surface area contributed by atoms with Gasteiger partial charge in [0.15, 0.2) is 17.3 Å². The van der Waals surface area contributed by atoms with E-state index in [1.165, 1.54) is 55.6 Å². The summed E-state index contributed by atoms with van der Waals surface area (Å²) in [5, 5.41) is 22.8. The van der Waals surface area contributed by atoms with E-state index in [1.54, 1.807) is 24.3 Å². The van der Waals surface area contributed by atoms with Crippen LogP contribution < -0.4 is 15.1 Å².